The summed E-state index contributed by atoms with van der Waals surface area (Å²) in [5, 5.41) is 17.4. The molecule has 1 aromatic heterocycles. The lowest BCUT2D eigenvalue weighted by Gasteiger charge is -2.38. The molecule has 14 nitrogen and oxygen atoms in total. The second-order valence-electron chi connectivity index (χ2n) is 16.0. The van der Waals surface area contributed by atoms with Crippen LogP contribution >= 0.6 is 11.8 Å². The van der Waals surface area contributed by atoms with Crippen LogP contribution in [0.2, 0.25) is 0 Å². The number of thioether (sulfide) groups is 1. The Hall–Kier alpha value is -3.75. The molecular formula is C37H55N7O7S. The van der Waals surface area contributed by atoms with Crippen molar-refractivity contribution in [2.75, 3.05) is 13.1 Å². The monoisotopic (exact) mass is 741 g/mol. The van der Waals surface area contributed by atoms with Crippen LogP contribution in [0.15, 0.2) is 18.6 Å². The van der Waals surface area contributed by atoms with Crippen molar-refractivity contribution >= 4 is 46.6 Å². The van der Waals surface area contributed by atoms with Gasteiger partial charge in [0.15, 0.2) is 0 Å². The number of hydrogen-bond acceptors (Lipinski definition) is 9. The number of nitrogens with zero attached hydrogens (tertiary/aromatic N) is 4. The smallest absolute Gasteiger partial charge is 0.323 e. The summed E-state index contributed by atoms with van der Waals surface area (Å²) in [5.74, 6) is -2.76. The fourth-order valence-electron chi connectivity index (χ4n) is 8.14. The van der Waals surface area contributed by atoms with E-state index in [4.69, 9.17) is 0 Å². The zero-order valence-electron chi connectivity index (χ0n) is 30.8. The van der Waals surface area contributed by atoms with Crippen molar-refractivity contribution in [1.29, 1.82) is 0 Å². The van der Waals surface area contributed by atoms with E-state index < -0.39 is 46.7 Å². The third kappa shape index (κ3) is 9.81. The predicted molar refractivity (Wildman–Crippen MR) is 195 cm³/mol. The first-order valence-electron chi connectivity index (χ1n) is 19.0. The molecule has 15 heteroatoms. The van der Waals surface area contributed by atoms with Crippen molar-refractivity contribution in [3.8, 4) is 0 Å². The number of aliphatic carboxylic acids is 1. The van der Waals surface area contributed by atoms with Gasteiger partial charge in [0, 0.05) is 25.0 Å². The SMILES string of the molecule is CCC[C@H](NC(=O)[C@@H]1[C@H]2CCC[C@H]2CN1C(=O)[C@@H](NC(=O)[C@@H](NC(=O)c1cnccn1)C1CCCCC1)C(C)(C)C)SC(=O)N(CC(=O)O)C1CC1. The molecule has 4 fully saturated rings. The minimum atomic E-state index is -1.08. The van der Waals surface area contributed by atoms with Gasteiger partial charge < -0.3 is 30.9 Å². The molecule has 0 aromatic carbocycles. The van der Waals surface area contributed by atoms with Gasteiger partial charge in [0.05, 0.1) is 11.6 Å². The van der Waals surface area contributed by atoms with E-state index in [0.717, 1.165) is 76.0 Å². The fourth-order valence-corrected chi connectivity index (χ4v) is 9.26. The van der Waals surface area contributed by atoms with Crippen molar-refractivity contribution < 1.29 is 33.9 Å². The normalized spacial score (nSPS) is 23.5. The molecule has 286 valence electrons. The molecule has 0 bridgehead atoms. The molecule has 4 aliphatic rings. The standard InChI is InChI=1S/C37H55N7O7S/c1-5-10-27(52-36(51)43(21-28(45)46)24-15-16-24)40-34(49)30-25-14-9-13-23(25)20-44(30)35(50)31(37(2,3)4)42-33(48)29(22-11-7-6-8-12-22)41-32(47)26-19-38-17-18-39-26/h17-19,22-25,27,29-31H,5-16,20-21H2,1-4H3,(H,40,49)(H,41,47)(H,42,48)(H,45,46)/t23-,25-,27+,29-,30-,31+/m0/s1. The van der Waals surface area contributed by atoms with Crippen LogP contribution in [-0.4, -0.2) is 102 Å². The van der Waals surface area contributed by atoms with Crippen LogP contribution in [-0.2, 0) is 19.2 Å². The lowest BCUT2D eigenvalue weighted by Crippen LogP contribution is -2.62. The van der Waals surface area contributed by atoms with Gasteiger partial charge in [-0.25, -0.2) is 4.98 Å². The zero-order chi connectivity index (χ0) is 37.6. The van der Waals surface area contributed by atoms with Crippen LogP contribution in [0, 0.1) is 23.2 Å². The predicted octanol–water partition coefficient (Wildman–Crippen LogP) is 3.96. The molecule has 1 aliphatic heterocycles. The molecule has 0 spiro atoms. The molecule has 2 heterocycles. The van der Waals surface area contributed by atoms with Crippen LogP contribution in [0.5, 0.6) is 0 Å². The van der Waals surface area contributed by atoms with E-state index in [9.17, 15) is 33.9 Å². The van der Waals surface area contributed by atoms with E-state index in [1.54, 1.807) is 4.90 Å². The maximum Gasteiger partial charge on any atom is 0.323 e. The molecule has 0 radical (unpaired) electrons. The van der Waals surface area contributed by atoms with Crippen LogP contribution in [0.25, 0.3) is 0 Å². The third-order valence-corrected chi connectivity index (χ3v) is 12.0. The lowest BCUT2D eigenvalue weighted by molar-refractivity contribution is -0.145. The van der Waals surface area contributed by atoms with E-state index in [1.807, 2.05) is 27.7 Å². The molecule has 5 amide bonds. The van der Waals surface area contributed by atoms with Gasteiger partial charge in [-0.3, -0.25) is 33.8 Å². The molecule has 5 rings (SSSR count). The number of carbonyl (C=O) groups is 6. The van der Waals surface area contributed by atoms with Gasteiger partial charge in [-0.15, -0.1) is 0 Å². The Morgan fingerprint density at radius 2 is 1.69 bits per heavy atom. The van der Waals surface area contributed by atoms with Crippen molar-refractivity contribution in [2.24, 2.45) is 23.2 Å². The highest BCUT2D eigenvalue weighted by Gasteiger charge is 2.52. The summed E-state index contributed by atoms with van der Waals surface area (Å²) in [6.45, 7) is 7.57. The van der Waals surface area contributed by atoms with Gasteiger partial charge in [-0.1, -0.05) is 59.8 Å². The maximum absolute atomic E-state index is 14.7. The van der Waals surface area contributed by atoms with E-state index >= 15 is 0 Å². The van der Waals surface area contributed by atoms with Crippen LogP contribution in [0.3, 0.4) is 0 Å². The number of carboxylic acids is 1. The average molecular weight is 742 g/mol. The molecule has 52 heavy (non-hydrogen) atoms. The summed E-state index contributed by atoms with van der Waals surface area (Å²) in [7, 11) is 0. The molecule has 6 atom stereocenters. The van der Waals surface area contributed by atoms with Crippen LogP contribution in [0.4, 0.5) is 4.79 Å². The van der Waals surface area contributed by atoms with Gasteiger partial charge in [-0.05, 0) is 79.9 Å². The fraction of sp³-hybridized carbons (Fsp3) is 0.730. The molecule has 3 aliphatic carbocycles. The van der Waals surface area contributed by atoms with Crippen molar-refractivity contribution in [3.05, 3.63) is 24.3 Å². The van der Waals surface area contributed by atoms with Crippen molar-refractivity contribution in [2.45, 2.75) is 134 Å². The minimum Gasteiger partial charge on any atom is -0.480 e. The van der Waals surface area contributed by atoms with Crippen LogP contribution < -0.4 is 16.0 Å². The second kappa shape index (κ2) is 17.4. The minimum absolute atomic E-state index is 0.0560. The maximum atomic E-state index is 14.7. The summed E-state index contributed by atoms with van der Waals surface area (Å²) in [5.41, 5.74) is -0.638. The topological polar surface area (TPSA) is 191 Å². The number of nitrogens with one attached hydrogen (secondary N) is 3. The summed E-state index contributed by atoms with van der Waals surface area (Å²) in [6, 6.07) is -2.75. The highest BCUT2D eigenvalue weighted by molar-refractivity contribution is 8.14. The number of rotatable bonds is 14. The average Bonchev–Trinajstić information content (AvgIpc) is 3.74. The third-order valence-electron chi connectivity index (χ3n) is 11.0. The Kier molecular flexibility index (Phi) is 13.2. The number of fused-ring (bicyclic) bond motifs is 1. The van der Waals surface area contributed by atoms with E-state index in [2.05, 4.69) is 25.9 Å². The number of amides is 5. The number of carboxylic acid groups (broad SMARTS) is 1. The first-order valence-corrected chi connectivity index (χ1v) is 19.8. The van der Waals surface area contributed by atoms with Gasteiger partial charge in [0.1, 0.15) is 30.4 Å². The van der Waals surface area contributed by atoms with Gasteiger partial charge >= 0.3 is 5.97 Å². The number of carbonyl (C=O) groups excluding carboxylic acids is 5. The van der Waals surface area contributed by atoms with Gasteiger partial charge in [-0.2, -0.15) is 0 Å². The molecule has 1 saturated heterocycles. The molecule has 0 unspecified atom stereocenters. The van der Waals surface area contributed by atoms with Crippen LogP contribution in [0.1, 0.15) is 115 Å². The summed E-state index contributed by atoms with van der Waals surface area (Å²) < 4.78 is 0. The molecule has 1 aromatic rings. The van der Waals surface area contributed by atoms with Crippen molar-refractivity contribution in [1.82, 2.24) is 35.7 Å². The van der Waals surface area contributed by atoms with Crippen molar-refractivity contribution in [3.63, 3.8) is 0 Å². The largest absolute Gasteiger partial charge is 0.480 e. The Balaban J connectivity index is 1.34. The van der Waals surface area contributed by atoms with E-state index in [0.29, 0.717) is 19.4 Å². The summed E-state index contributed by atoms with van der Waals surface area (Å²) in [6.07, 6.45) is 14.0. The highest BCUT2D eigenvalue weighted by Crippen LogP contribution is 2.43. The molecule has 4 N–H and O–H groups in total. The highest BCUT2D eigenvalue weighted by atomic mass is 32.2. The van der Waals surface area contributed by atoms with E-state index in [-0.39, 0.29) is 53.1 Å². The first-order chi connectivity index (χ1) is 24.8. The van der Waals surface area contributed by atoms with E-state index in [1.165, 1.54) is 23.5 Å². The van der Waals surface area contributed by atoms with Gasteiger partial charge in [0.2, 0.25) is 17.7 Å². The quantitative estimate of drug-likeness (QED) is 0.203. The number of aromatic nitrogens is 2. The Morgan fingerprint density at radius 1 is 0.962 bits per heavy atom. The Labute approximate surface area is 310 Å². The first kappa shape index (κ1) is 39.5. The number of likely N-dealkylation sites (tertiary alicyclic amines) is 1. The second-order valence-corrected chi connectivity index (χ2v) is 17.1. The summed E-state index contributed by atoms with van der Waals surface area (Å²) >= 11 is 0.937. The molecule has 3 saturated carbocycles. The lowest BCUT2D eigenvalue weighted by atomic mass is 9.82. The molecular weight excluding hydrogens is 687 g/mol. The summed E-state index contributed by atoms with van der Waals surface area (Å²) in [4.78, 5) is 92.2. The van der Waals surface area contributed by atoms with Gasteiger partial charge in [0.25, 0.3) is 11.1 Å². The zero-order valence-corrected chi connectivity index (χ0v) is 31.7. The number of hydrogen-bond donors (Lipinski definition) is 4. The Morgan fingerprint density at radius 3 is 2.31 bits per heavy atom. The Bertz CT molecular complexity index is 1460.